The van der Waals surface area contributed by atoms with Gasteiger partial charge in [0.2, 0.25) is 5.91 Å². The quantitative estimate of drug-likeness (QED) is 0.928. The van der Waals surface area contributed by atoms with E-state index in [2.05, 4.69) is 15.1 Å². The van der Waals surface area contributed by atoms with E-state index in [0.717, 1.165) is 31.4 Å². The van der Waals surface area contributed by atoms with Crippen LogP contribution in [-0.4, -0.2) is 54.0 Å². The number of carbonyl (C=O) groups is 1. The summed E-state index contributed by atoms with van der Waals surface area (Å²) >= 11 is 0. The molecule has 0 spiro atoms. The topological polar surface area (TPSA) is 35.6 Å². The van der Waals surface area contributed by atoms with Gasteiger partial charge in [0.15, 0.2) is 0 Å². The Morgan fingerprint density at radius 2 is 1.78 bits per heavy atom. The van der Waals surface area contributed by atoms with Crippen LogP contribution in [0, 0.1) is 0 Å². The molecule has 2 fully saturated rings. The Balaban J connectivity index is 1.52. The van der Waals surface area contributed by atoms with Crippen LogP contribution >= 0.6 is 0 Å². The van der Waals surface area contributed by atoms with Crippen molar-refractivity contribution in [3.05, 3.63) is 30.3 Å². The van der Waals surface area contributed by atoms with Crippen LogP contribution in [0.15, 0.2) is 30.3 Å². The summed E-state index contributed by atoms with van der Waals surface area (Å²) in [5, 5.41) is 3.03. The number of hydrogen-bond acceptors (Lipinski definition) is 3. The Morgan fingerprint density at radius 3 is 2.52 bits per heavy atom. The Morgan fingerprint density at radius 1 is 1.04 bits per heavy atom. The van der Waals surface area contributed by atoms with Gasteiger partial charge in [-0.05, 0) is 44.9 Å². The second-order valence-corrected chi connectivity index (χ2v) is 6.90. The molecule has 1 saturated carbocycles. The van der Waals surface area contributed by atoms with Gasteiger partial charge >= 0.3 is 0 Å². The van der Waals surface area contributed by atoms with Crippen molar-refractivity contribution >= 4 is 11.6 Å². The number of nitrogens with one attached hydrogen (secondary N) is 1. The SMILES string of the molecule is CC(C(=O)Nc1ccccc1)N1CCCN(C2CCCC2)CC1. The second-order valence-electron chi connectivity index (χ2n) is 6.90. The zero-order chi connectivity index (χ0) is 16.1. The van der Waals surface area contributed by atoms with Gasteiger partial charge in [-0.2, -0.15) is 0 Å². The number of anilines is 1. The number of carbonyl (C=O) groups excluding carboxylic acids is 1. The van der Waals surface area contributed by atoms with E-state index in [1.165, 1.54) is 38.6 Å². The van der Waals surface area contributed by atoms with E-state index in [9.17, 15) is 4.79 Å². The van der Waals surface area contributed by atoms with Gasteiger partial charge in [-0.15, -0.1) is 0 Å². The first-order valence-corrected chi connectivity index (χ1v) is 9.08. The van der Waals surface area contributed by atoms with Crippen LogP contribution in [0.2, 0.25) is 0 Å². The molecular weight excluding hydrogens is 286 g/mol. The third-order valence-electron chi connectivity index (χ3n) is 5.37. The number of nitrogens with zero attached hydrogens (tertiary/aromatic N) is 2. The second kappa shape index (κ2) is 7.93. The predicted octanol–water partition coefficient (Wildman–Crippen LogP) is 2.96. The molecule has 1 heterocycles. The zero-order valence-corrected chi connectivity index (χ0v) is 14.2. The summed E-state index contributed by atoms with van der Waals surface area (Å²) in [6.45, 7) is 6.35. The summed E-state index contributed by atoms with van der Waals surface area (Å²) in [7, 11) is 0. The molecule has 1 aromatic rings. The summed E-state index contributed by atoms with van der Waals surface area (Å²) in [6, 6.07) is 10.5. The van der Waals surface area contributed by atoms with Crippen molar-refractivity contribution < 1.29 is 4.79 Å². The van der Waals surface area contributed by atoms with Gasteiger partial charge in [0.05, 0.1) is 6.04 Å². The minimum atomic E-state index is -0.0706. The molecule has 1 atom stereocenters. The number of rotatable bonds is 4. The van der Waals surface area contributed by atoms with Crippen LogP contribution in [0.25, 0.3) is 0 Å². The zero-order valence-electron chi connectivity index (χ0n) is 14.2. The largest absolute Gasteiger partial charge is 0.325 e. The van der Waals surface area contributed by atoms with E-state index in [1.54, 1.807) is 0 Å². The van der Waals surface area contributed by atoms with Crippen molar-refractivity contribution in [3.8, 4) is 0 Å². The van der Waals surface area contributed by atoms with E-state index in [1.807, 2.05) is 37.3 Å². The molecule has 0 radical (unpaired) electrons. The average Bonchev–Trinajstić information content (AvgIpc) is 3.00. The maximum atomic E-state index is 12.5. The lowest BCUT2D eigenvalue weighted by Crippen LogP contribution is -2.44. The highest BCUT2D eigenvalue weighted by Gasteiger charge is 2.28. The highest BCUT2D eigenvalue weighted by atomic mass is 16.2. The fraction of sp³-hybridized carbons (Fsp3) is 0.632. The summed E-state index contributed by atoms with van der Waals surface area (Å²) in [5.41, 5.74) is 0.881. The Bertz CT molecular complexity index is 499. The molecule has 1 aliphatic carbocycles. The van der Waals surface area contributed by atoms with Crippen molar-refractivity contribution in [2.24, 2.45) is 0 Å². The Hall–Kier alpha value is -1.39. The fourth-order valence-electron chi connectivity index (χ4n) is 3.91. The molecule has 126 valence electrons. The lowest BCUT2D eigenvalue weighted by molar-refractivity contribution is -0.120. The molecule has 0 bridgehead atoms. The normalized spacial score (nSPS) is 22.7. The highest BCUT2D eigenvalue weighted by Crippen LogP contribution is 2.24. The third-order valence-corrected chi connectivity index (χ3v) is 5.37. The highest BCUT2D eigenvalue weighted by molar-refractivity contribution is 5.94. The summed E-state index contributed by atoms with van der Waals surface area (Å²) < 4.78 is 0. The molecule has 3 rings (SSSR count). The minimum Gasteiger partial charge on any atom is -0.325 e. The van der Waals surface area contributed by atoms with Crippen LogP contribution in [0.1, 0.15) is 39.0 Å². The van der Waals surface area contributed by atoms with Gasteiger partial charge in [-0.1, -0.05) is 31.0 Å². The molecule has 4 nitrogen and oxygen atoms in total. The van der Waals surface area contributed by atoms with Crippen LogP contribution in [-0.2, 0) is 4.79 Å². The molecule has 1 aromatic carbocycles. The van der Waals surface area contributed by atoms with Crippen molar-refractivity contribution in [2.45, 2.75) is 51.1 Å². The Labute approximate surface area is 139 Å². The number of hydrogen-bond donors (Lipinski definition) is 1. The van der Waals surface area contributed by atoms with Gasteiger partial charge in [-0.25, -0.2) is 0 Å². The molecular formula is C19H29N3O. The maximum Gasteiger partial charge on any atom is 0.241 e. The van der Waals surface area contributed by atoms with E-state index < -0.39 is 0 Å². The lowest BCUT2D eigenvalue weighted by atomic mass is 10.2. The van der Waals surface area contributed by atoms with Crippen LogP contribution in [0.3, 0.4) is 0 Å². The van der Waals surface area contributed by atoms with Crippen molar-refractivity contribution in [1.82, 2.24) is 9.80 Å². The van der Waals surface area contributed by atoms with Crippen LogP contribution in [0.4, 0.5) is 5.69 Å². The van der Waals surface area contributed by atoms with Crippen molar-refractivity contribution in [1.29, 1.82) is 0 Å². The molecule has 1 N–H and O–H groups in total. The molecule has 4 heteroatoms. The molecule has 1 unspecified atom stereocenters. The van der Waals surface area contributed by atoms with Gasteiger partial charge < -0.3 is 5.32 Å². The molecule has 23 heavy (non-hydrogen) atoms. The van der Waals surface area contributed by atoms with Gasteiger partial charge in [-0.3, -0.25) is 14.6 Å². The predicted molar refractivity (Wildman–Crippen MR) is 94.6 cm³/mol. The maximum absolute atomic E-state index is 12.5. The monoisotopic (exact) mass is 315 g/mol. The first-order valence-electron chi connectivity index (χ1n) is 9.08. The average molecular weight is 315 g/mol. The smallest absolute Gasteiger partial charge is 0.241 e. The van der Waals surface area contributed by atoms with Gasteiger partial charge in [0, 0.05) is 31.4 Å². The number of amides is 1. The molecule has 1 aliphatic heterocycles. The van der Waals surface area contributed by atoms with Crippen molar-refractivity contribution in [3.63, 3.8) is 0 Å². The Kier molecular flexibility index (Phi) is 5.68. The summed E-state index contributed by atoms with van der Waals surface area (Å²) in [6.07, 6.45) is 6.68. The summed E-state index contributed by atoms with van der Waals surface area (Å²) in [4.78, 5) is 17.5. The van der Waals surface area contributed by atoms with E-state index >= 15 is 0 Å². The lowest BCUT2D eigenvalue weighted by Gasteiger charge is -2.29. The molecule has 1 amide bonds. The molecule has 2 aliphatic rings. The fourth-order valence-corrected chi connectivity index (χ4v) is 3.91. The van der Waals surface area contributed by atoms with Gasteiger partial charge in [0.1, 0.15) is 0 Å². The van der Waals surface area contributed by atoms with Crippen LogP contribution < -0.4 is 5.32 Å². The standard InChI is InChI=1S/C19H29N3O/c1-16(19(23)20-17-8-3-2-4-9-17)21-12-7-13-22(15-14-21)18-10-5-6-11-18/h2-4,8-9,16,18H,5-7,10-15H2,1H3,(H,20,23). The van der Waals surface area contributed by atoms with E-state index in [0.29, 0.717) is 0 Å². The number of para-hydroxylation sites is 1. The van der Waals surface area contributed by atoms with E-state index in [-0.39, 0.29) is 11.9 Å². The van der Waals surface area contributed by atoms with Crippen molar-refractivity contribution in [2.75, 3.05) is 31.5 Å². The number of benzene rings is 1. The van der Waals surface area contributed by atoms with Gasteiger partial charge in [0.25, 0.3) is 0 Å². The van der Waals surface area contributed by atoms with Crippen LogP contribution in [0.5, 0.6) is 0 Å². The van der Waals surface area contributed by atoms with E-state index in [4.69, 9.17) is 0 Å². The first-order chi connectivity index (χ1) is 11.2. The minimum absolute atomic E-state index is 0.0706. The third kappa shape index (κ3) is 4.33. The summed E-state index contributed by atoms with van der Waals surface area (Å²) in [5.74, 6) is 0.102. The molecule has 1 saturated heterocycles. The first kappa shape index (κ1) is 16.5. The molecule has 0 aromatic heterocycles.